The van der Waals surface area contributed by atoms with Gasteiger partial charge in [0.15, 0.2) is 5.78 Å². The summed E-state index contributed by atoms with van der Waals surface area (Å²) in [5.41, 5.74) is 1.46. The number of ketones is 1. The normalized spacial score (nSPS) is 17.8. The Labute approximate surface area is 196 Å². The number of halogens is 1. The lowest BCUT2D eigenvalue weighted by Gasteiger charge is -2.46. The van der Waals surface area contributed by atoms with Gasteiger partial charge >= 0.3 is 0 Å². The second-order valence-electron chi connectivity index (χ2n) is 9.77. The summed E-state index contributed by atoms with van der Waals surface area (Å²) in [5, 5.41) is 17.8. The van der Waals surface area contributed by atoms with E-state index in [1.165, 1.54) is 0 Å². The number of carbonyl (C=O) groups excluding carboxylic acids is 1. The van der Waals surface area contributed by atoms with Crippen LogP contribution in [0.5, 0.6) is 11.5 Å². The third-order valence-corrected chi connectivity index (χ3v) is 6.32. The van der Waals surface area contributed by atoms with Crippen LogP contribution in [0, 0.1) is 5.92 Å². The van der Waals surface area contributed by atoms with Gasteiger partial charge in [-0.05, 0) is 97.9 Å². The second-order valence-corrected chi connectivity index (χ2v) is 10.6. The van der Waals surface area contributed by atoms with E-state index in [2.05, 4.69) is 69.6 Å². The lowest BCUT2D eigenvalue weighted by atomic mass is 9.74. The van der Waals surface area contributed by atoms with E-state index in [1.807, 2.05) is 42.5 Å². The van der Waals surface area contributed by atoms with Crippen molar-refractivity contribution in [1.29, 1.82) is 0 Å². The van der Waals surface area contributed by atoms with Crippen molar-refractivity contribution < 1.29 is 9.53 Å². The van der Waals surface area contributed by atoms with Crippen LogP contribution >= 0.6 is 15.9 Å². The molecule has 1 fully saturated rings. The Balaban J connectivity index is 1.49. The molecule has 7 nitrogen and oxygen atoms in total. The first-order chi connectivity index (χ1) is 15.1. The molecule has 0 radical (unpaired) electrons. The lowest BCUT2D eigenvalue weighted by molar-refractivity contribution is 0.0864. The van der Waals surface area contributed by atoms with Gasteiger partial charge in [0.25, 0.3) is 0 Å². The zero-order valence-electron chi connectivity index (χ0n) is 18.8. The summed E-state index contributed by atoms with van der Waals surface area (Å²) in [6, 6.07) is 13.0. The van der Waals surface area contributed by atoms with Crippen LogP contribution in [0.2, 0.25) is 0 Å². The number of hydrogen-bond acceptors (Lipinski definition) is 6. The molecule has 0 aliphatic carbocycles. The third-order valence-electron chi connectivity index (χ3n) is 5.70. The molecule has 8 heteroatoms. The summed E-state index contributed by atoms with van der Waals surface area (Å²) >= 11 is 3.57. The van der Waals surface area contributed by atoms with E-state index in [-0.39, 0.29) is 16.9 Å². The molecule has 2 heterocycles. The van der Waals surface area contributed by atoms with Crippen molar-refractivity contribution in [3.05, 3.63) is 52.5 Å². The topological polar surface area (TPSA) is 92.8 Å². The van der Waals surface area contributed by atoms with Crippen LogP contribution in [-0.2, 0) is 0 Å². The summed E-state index contributed by atoms with van der Waals surface area (Å²) in [6.07, 6.45) is 2.51. The molecule has 0 amide bonds. The van der Waals surface area contributed by atoms with Gasteiger partial charge < -0.3 is 10.1 Å². The number of para-hydroxylation sites is 1. The largest absolute Gasteiger partial charge is 0.455 e. The first kappa shape index (κ1) is 22.6. The maximum absolute atomic E-state index is 13.1. The zero-order valence-corrected chi connectivity index (χ0v) is 20.4. The quantitative estimate of drug-likeness (QED) is 0.433. The van der Waals surface area contributed by atoms with Crippen LogP contribution in [-0.4, -0.2) is 37.5 Å². The van der Waals surface area contributed by atoms with Gasteiger partial charge in [-0.2, -0.15) is 5.21 Å². The molecule has 1 saturated heterocycles. The van der Waals surface area contributed by atoms with Crippen molar-refractivity contribution in [3.8, 4) is 22.9 Å². The number of carbonyl (C=O) groups is 1. The zero-order chi connectivity index (χ0) is 22.9. The maximum atomic E-state index is 13.1. The van der Waals surface area contributed by atoms with Gasteiger partial charge in [0, 0.05) is 23.1 Å². The minimum absolute atomic E-state index is 0.0249. The van der Waals surface area contributed by atoms with E-state index in [0.717, 1.165) is 22.9 Å². The van der Waals surface area contributed by atoms with Crippen molar-refractivity contribution in [2.75, 3.05) is 0 Å². The molecular weight excluding hydrogens is 470 g/mol. The van der Waals surface area contributed by atoms with Gasteiger partial charge in [-0.25, -0.2) is 0 Å². The molecule has 0 bridgehead atoms. The first-order valence-corrected chi connectivity index (χ1v) is 11.5. The van der Waals surface area contributed by atoms with E-state index in [0.29, 0.717) is 35.2 Å². The number of aromatic amines is 1. The summed E-state index contributed by atoms with van der Waals surface area (Å²) in [7, 11) is 0. The molecule has 0 saturated carbocycles. The Morgan fingerprint density at radius 3 is 2.47 bits per heavy atom. The van der Waals surface area contributed by atoms with Crippen LogP contribution in [0.15, 0.2) is 46.9 Å². The molecule has 3 aromatic rings. The highest BCUT2D eigenvalue weighted by molar-refractivity contribution is 9.10. The fraction of sp³-hybridized carbons (Fsp3) is 0.417. The minimum atomic E-state index is 0.0249. The number of Topliss-reactive ketones (excluding diaryl/α,β-unsaturated/α-hetero) is 1. The number of tetrazole rings is 1. The number of hydrogen-bond donors (Lipinski definition) is 2. The highest BCUT2D eigenvalue weighted by Gasteiger charge is 2.38. The molecule has 0 spiro atoms. The number of nitrogens with one attached hydrogen (secondary N) is 2. The number of aromatic nitrogens is 4. The summed E-state index contributed by atoms with van der Waals surface area (Å²) in [6.45, 7) is 8.84. The van der Waals surface area contributed by atoms with E-state index in [9.17, 15) is 4.79 Å². The highest BCUT2D eigenvalue weighted by Crippen LogP contribution is 2.37. The van der Waals surface area contributed by atoms with Crippen molar-refractivity contribution in [2.24, 2.45) is 5.92 Å². The monoisotopic (exact) mass is 497 g/mol. The Bertz CT molecular complexity index is 1100. The molecule has 1 aromatic heterocycles. The van der Waals surface area contributed by atoms with Gasteiger partial charge in [-0.1, -0.05) is 12.1 Å². The summed E-state index contributed by atoms with van der Waals surface area (Å²) in [5.74, 6) is 2.18. The fourth-order valence-corrected chi connectivity index (χ4v) is 5.41. The molecule has 1 aliphatic rings. The van der Waals surface area contributed by atoms with E-state index in [1.54, 1.807) is 0 Å². The number of ether oxygens (including phenoxy) is 1. The van der Waals surface area contributed by atoms with Crippen LogP contribution in [0.25, 0.3) is 11.4 Å². The van der Waals surface area contributed by atoms with E-state index < -0.39 is 0 Å². The van der Waals surface area contributed by atoms with E-state index in [4.69, 9.17) is 4.74 Å². The van der Waals surface area contributed by atoms with Crippen molar-refractivity contribution in [1.82, 2.24) is 25.9 Å². The smallest absolute Gasteiger partial charge is 0.208 e. The first-order valence-electron chi connectivity index (χ1n) is 10.7. The van der Waals surface area contributed by atoms with Gasteiger partial charge in [0.2, 0.25) is 5.82 Å². The van der Waals surface area contributed by atoms with Crippen LogP contribution in [0.1, 0.15) is 57.3 Å². The number of nitrogens with zero attached hydrogens (tertiary/aromatic N) is 3. The highest BCUT2D eigenvalue weighted by atomic mass is 79.9. The molecule has 0 atom stereocenters. The minimum Gasteiger partial charge on any atom is -0.455 e. The number of piperidine rings is 1. The molecule has 4 rings (SSSR count). The standard InChI is InChI=1S/C24H28BrN5O2/c1-23(2)13-15(14-24(3,4)28-23)11-19(31)16-9-10-21(18(25)12-16)32-20-8-6-5-7-17(20)22-26-29-30-27-22/h5-10,12,15,28H,11,13-14H2,1-4H3,(H,26,27,29,30). The van der Waals surface area contributed by atoms with Crippen LogP contribution in [0.3, 0.4) is 0 Å². The third kappa shape index (κ3) is 5.24. The van der Waals surface area contributed by atoms with Crippen molar-refractivity contribution >= 4 is 21.7 Å². The maximum Gasteiger partial charge on any atom is 0.208 e. The predicted octanol–water partition coefficient (Wildman–Crippen LogP) is 5.55. The van der Waals surface area contributed by atoms with Gasteiger partial charge in [-0.15, -0.1) is 10.2 Å². The van der Waals surface area contributed by atoms with Crippen LogP contribution < -0.4 is 10.1 Å². The Morgan fingerprint density at radius 2 is 1.81 bits per heavy atom. The van der Waals surface area contributed by atoms with Gasteiger partial charge in [0.05, 0.1) is 10.0 Å². The molecule has 2 N–H and O–H groups in total. The summed E-state index contributed by atoms with van der Waals surface area (Å²) < 4.78 is 6.83. The number of benzene rings is 2. The molecule has 0 unspecified atom stereocenters. The summed E-state index contributed by atoms with van der Waals surface area (Å²) in [4.78, 5) is 13.1. The predicted molar refractivity (Wildman–Crippen MR) is 127 cm³/mol. The Morgan fingerprint density at radius 1 is 1.09 bits per heavy atom. The SMILES string of the molecule is CC1(C)CC(CC(=O)c2ccc(Oc3ccccc3-c3nn[nH]n3)c(Br)c2)CC(C)(C)N1. The number of rotatable bonds is 6. The molecular formula is C24H28BrN5O2. The second kappa shape index (κ2) is 8.75. The average Bonchev–Trinajstić information content (AvgIpc) is 3.22. The van der Waals surface area contributed by atoms with E-state index >= 15 is 0 Å². The Hall–Kier alpha value is -2.58. The fourth-order valence-electron chi connectivity index (χ4n) is 4.95. The van der Waals surface area contributed by atoms with Crippen molar-refractivity contribution in [2.45, 2.75) is 58.0 Å². The van der Waals surface area contributed by atoms with Gasteiger partial charge in [-0.3, -0.25) is 4.79 Å². The molecule has 168 valence electrons. The number of H-pyrrole nitrogens is 1. The average molecular weight is 498 g/mol. The Kier molecular flexibility index (Phi) is 6.18. The molecule has 1 aliphatic heterocycles. The van der Waals surface area contributed by atoms with Crippen LogP contribution in [0.4, 0.5) is 0 Å². The molecule has 32 heavy (non-hydrogen) atoms. The lowest BCUT2D eigenvalue weighted by Crippen LogP contribution is -2.57. The van der Waals surface area contributed by atoms with Gasteiger partial charge in [0.1, 0.15) is 11.5 Å². The van der Waals surface area contributed by atoms with Crippen molar-refractivity contribution in [3.63, 3.8) is 0 Å². The molecule has 2 aromatic carbocycles.